The first-order valence-corrected chi connectivity index (χ1v) is 6.12. The molecule has 0 aliphatic carbocycles. The van der Waals surface area contributed by atoms with Gasteiger partial charge in [0, 0.05) is 0 Å². The zero-order valence-electron chi connectivity index (χ0n) is 9.15. The summed E-state index contributed by atoms with van der Waals surface area (Å²) in [6, 6.07) is 7.58. The van der Waals surface area contributed by atoms with E-state index in [1.807, 2.05) is 22.6 Å². The summed E-state index contributed by atoms with van der Waals surface area (Å²) in [4.78, 5) is 15.7. The van der Waals surface area contributed by atoms with Gasteiger partial charge < -0.3 is 11.1 Å². The maximum atomic E-state index is 13.3. The Kier molecular flexibility index (Phi) is 3.75. The van der Waals surface area contributed by atoms with Crippen molar-refractivity contribution in [2.45, 2.75) is 0 Å². The molecule has 0 radical (unpaired) electrons. The average Bonchev–Trinajstić information content (AvgIpc) is 2.36. The molecule has 1 aromatic heterocycles. The van der Waals surface area contributed by atoms with Crippen LogP contribution in [0.2, 0.25) is 0 Å². The standard InChI is InChI=1S/C12H9FIN3O/c13-8-2-1-3-9(11(8)14)17-12(18)10-5-4-7(15)6-16-10/h1-6H,15H2,(H,17,18). The van der Waals surface area contributed by atoms with Gasteiger partial charge in [-0.05, 0) is 46.9 Å². The molecule has 0 spiro atoms. The second-order valence-electron chi connectivity index (χ2n) is 3.53. The van der Waals surface area contributed by atoms with Crippen molar-refractivity contribution in [2.75, 3.05) is 11.1 Å². The highest BCUT2D eigenvalue weighted by Crippen LogP contribution is 2.21. The molecule has 0 aliphatic rings. The van der Waals surface area contributed by atoms with E-state index in [1.165, 1.54) is 24.4 Å². The molecule has 2 aromatic rings. The highest BCUT2D eigenvalue weighted by Gasteiger charge is 2.11. The van der Waals surface area contributed by atoms with Crippen molar-refractivity contribution < 1.29 is 9.18 Å². The summed E-state index contributed by atoms with van der Waals surface area (Å²) < 4.78 is 13.7. The molecule has 2 rings (SSSR count). The first-order valence-electron chi connectivity index (χ1n) is 5.05. The van der Waals surface area contributed by atoms with Crippen LogP contribution in [-0.2, 0) is 0 Å². The number of anilines is 2. The van der Waals surface area contributed by atoms with Crippen molar-refractivity contribution in [3.8, 4) is 0 Å². The van der Waals surface area contributed by atoms with Crippen LogP contribution in [-0.4, -0.2) is 10.9 Å². The number of halogens is 2. The fourth-order valence-electron chi connectivity index (χ4n) is 1.33. The Hall–Kier alpha value is -1.70. The first-order chi connectivity index (χ1) is 8.58. The van der Waals surface area contributed by atoms with Gasteiger partial charge in [0.05, 0.1) is 21.1 Å². The number of pyridine rings is 1. The average molecular weight is 357 g/mol. The number of nitrogen functional groups attached to an aromatic ring is 1. The molecule has 1 aromatic carbocycles. The van der Waals surface area contributed by atoms with E-state index in [1.54, 1.807) is 12.1 Å². The number of carbonyl (C=O) groups is 1. The minimum Gasteiger partial charge on any atom is -0.397 e. The fourth-order valence-corrected chi connectivity index (χ4v) is 1.82. The Morgan fingerprint density at radius 3 is 2.78 bits per heavy atom. The predicted octanol–water partition coefficient (Wildman–Crippen LogP) is 2.66. The van der Waals surface area contributed by atoms with Crippen molar-refractivity contribution in [1.29, 1.82) is 0 Å². The maximum absolute atomic E-state index is 13.3. The van der Waals surface area contributed by atoms with Crippen LogP contribution in [0.5, 0.6) is 0 Å². The number of nitrogens with one attached hydrogen (secondary N) is 1. The number of rotatable bonds is 2. The van der Waals surface area contributed by atoms with Gasteiger partial charge in [0.15, 0.2) is 0 Å². The third-order valence-corrected chi connectivity index (χ3v) is 3.32. The number of amides is 1. The summed E-state index contributed by atoms with van der Waals surface area (Å²) in [6.07, 6.45) is 1.39. The van der Waals surface area contributed by atoms with E-state index in [2.05, 4.69) is 10.3 Å². The second-order valence-corrected chi connectivity index (χ2v) is 4.61. The lowest BCUT2D eigenvalue weighted by atomic mass is 10.3. The minimum absolute atomic E-state index is 0.226. The van der Waals surface area contributed by atoms with Crippen LogP contribution >= 0.6 is 22.6 Å². The van der Waals surface area contributed by atoms with Gasteiger partial charge in [-0.15, -0.1) is 0 Å². The summed E-state index contributed by atoms with van der Waals surface area (Å²) in [5, 5.41) is 2.60. The molecule has 0 saturated carbocycles. The molecule has 3 N–H and O–H groups in total. The fraction of sp³-hybridized carbons (Fsp3) is 0. The van der Waals surface area contributed by atoms with Gasteiger partial charge in [0.1, 0.15) is 11.5 Å². The van der Waals surface area contributed by atoms with Crippen LogP contribution < -0.4 is 11.1 Å². The van der Waals surface area contributed by atoms with Crippen molar-refractivity contribution in [2.24, 2.45) is 0 Å². The summed E-state index contributed by atoms with van der Waals surface area (Å²) in [5.74, 6) is -0.780. The molecule has 92 valence electrons. The van der Waals surface area contributed by atoms with Crippen LogP contribution in [0.15, 0.2) is 36.5 Å². The normalized spacial score (nSPS) is 10.1. The summed E-state index contributed by atoms with van der Waals surface area (Å²) in [6.45, 7) is 0. The molecule has 0 fully saturated rings. The smallest absolute Gasteiger partial charge is 0.274 e. The van der Waals surface area contributed by atoms with Gasteiger partial charge in [-0.25, -0.2) is 9.37 Å². The Balaban J connectivity index is 2.21. The van der Waals surface area contributed by atoms with E-state index in [9.17, 15) is 9.18 Å². The minimum atomic E-state index is -0.404. The van der Waals surface area contributed by atoms with Gasteiger partial charge in [-0.1, -0.05) is 6.07 Å². The maximum Gasteiger partial charge on any atom is 0.274 e. The summed E-state index contributed by atoms with van der Waals surface area (Å²) in [5.41, 5.74) is 6.60. The number of aromatic nitrogens is 1. The monoisotopic (exact) mass is 357 g/mol. The lowest BCUT2D eigenvalue weighted by Crippen LogP contribution is -2.14. The number of nitrogens with zero attached hydrogens (tertiary/aromatic N) is 1. The topological polar surface area (TPSA) is 68.0 Å². The van der Waals surface area contributed by atoms with E-state index in [-0.39, 0.29) is 11.5 Å². The predicted molar refractivity (Wildman–Crippen MR) is 75.7 cm³/mol. The Morgan fingerprint density at radius 2 is 2.11 bits per heavy atom. The third kappa shape index (κ3) is 2.76. The number of nitrogens with two attached hydrogens (primary N) is 1. The van der Waals surface area contributed by atoms with Crippen LogP contribution in [0, 0.1) is 9.39 Å². The molecular formula is C12H9FIN3O. The van der Waals surface area contributed by atoms with Crippen molar-refractivity contribution >= 4 is 39.9 Å². The Bertz CT molecular complexity index is 586. The molecule has 4 nitrogen and oxygen atoms in total. The van der Waals surface area contributed by atoms with Crippen molar-refractivity contribution in [3.05, 3.63) is 51.6 Å². The van der Waals surface area contributed by atoms with Gasteiger partial charge in [-0.2, -0.15) is 0 Å². The van der Waals surface area contributed by atoms with E-state index < -0.39 is 5.91 Å². The molecule has 0 unspecified atom stereocenters. The quantitative estimate of drug-likeness (QED) is 0.813. The lowest BCUT2D eigenvalue weighted by Gasteiger charge is -2.07. The zero-order chi connectivity index (χ0) is 13.1. The van der Waals surface area contributed by atoms with Gasteiger partial charge in [-0.3, -0.25) is 4.79 Å². The molecule has 18 heavy (non-hydrogen) atoms. The molecule has 6 heteroatoms. The molecule has 0 aliphatic heterocycles. The van der Waals surface area contributed by atoms with Crippen LogP contribution in [0.25, 0.3) is 0 Å². The van der Waals surface area contributed by atoms with E-state index >= 15 is 0 Å². The van der Waals surface area contributed by atoms with Crippen LogP contribution in [0.1, 0.15) is 10.5 Å². The highest BCUT2D eigenvalue weighted by atomic mass is 127. The number of hydrogen-bond donors (Lipinski definition) is 2. The first kappa shape index (κ1) is 12.7. The SMILES string of the molecule is Nc1ccc(C(=O)Nc2cccc(F)c2I)nc1. The number of benzene rings is 1. The summed E-state index contributed by atoms with van der Waals surface area (Å²) >= 11 is 1.83. The van der Waals surface area contributed by atoms with Gasteiger partial charge in [0.25, 0.3) is 5.91 Å². The third-order valence-electron chi connectivity index (χ3n) is 2.22. The second kappa shape index (κ2) is 5.30. The Morgan fingerprint density at radius 1 is 1.33 bits per heavy atom. The van der Waals surface area contributed by atoms with E-state index in [4.69, 9.17) is 5.73 Å². The molecule has 1 amide bonds. The molecule has 0 saturated heterocycles. The van der Waals surface area contributed by atoms with Crippen LogP contribution in [0.3, 0.4) is 0 Å². The molecular weight excluding hydrogens is 348 g/mol. The molecule has 1 heterocycles. The van der Waals surface area contributed by atoms with Crippen LogP contribution in [0.4, 0.5) is 15.8 Å². The number of hydrogen-bond acceptors (Lipinski definition) is 3. The largest absolute Gasteiger partial charge is 0.397 e. The van der Waals surface area contributed by atoms with Crippen molar-refractivity contribution in [1.82, 2.24) is 4.98 Å². The lowest BCUT2D eigenvalue weighted by molar-refractivity contribution is 0.102. The van der Waals surface area contributed by atoms with E-state index in [0.717, 1.165) is 0 Å². The number of carbonyl (C=O) groups excluding carboxylic acids is 1. The van der Waals surface area contributed by atoms with Crippen molar-refractivity contribution in [3.63, 3.8) is 0 Å². The molecule has 0 bridgehead atoms. The van der Waals surface area contributed by atoms with Gasteiger partial charge in [0.2, 0.25) is 0 Å². The Labute approximate surface area is 117 Å². The summed E-state index contributed by atoms with van der Waals surface area (Å²) in [7, 11) is 0. The molecule has 0 atom stereocenters. The van der Waals surface area contributed by atoms with E-state index in [0.29, 0.717) is 14.9 Å². The highest BCUT2D eigenvalue weighted by molar-refractivity contribution is 14.1. The van der Waals surface area contributed by atoms with Gasteiger partial charge >= 0.3 is 0 Å². The zero-order valence-corrected chi connectivity index (χ0v) is 11.3.